The number of nitrogens with zero attached hydrogens (tertiary/aromatic N) is 4. The fourth-order valence-electron chi connectivity index (χ4n) is 3.32. The van der Waals surface area contributed by atoms with Crippen LogP contribution in [0.2, 0.25) is 0 Å². The standard InChI is InChI=1S/C17H18FN5O7S/c1-29-8-2-4-9(5-3-8)31(27,28)14(18)13-11(24)12(25)17(30-13)22-6-20-10-15(19)23(26)7-21-16(10)22/h2-7,11-14,17,19,24-26H,1H3/t11-,12+,13-,14-,17+/m0/s1. The van der Waals surface area contributed by atoms with Crippen molar-refractivity contribution >= 4 is 21.0 Å². The van der Waals surface area contributed by atoms with Crippen molar-refractivity contribution in [3.63, 3.8) is 0 Å². The SMILES string of the molecule is COc1ccc(S(=O)(=O)[C@H](F)[C@H]2O[C@@H](n3cnc4c(=N)n(O)cnc43)[C@H](O)[C@@H]2O)cc1. The van der Waals surface area contributed by atoms with Gasteiger partial charge in [0.2, 0.25) is 15.3 Å². The highest BCUT2D eigenvalue weighted by atomic mass is 32.2. The Morgan fingerprint density at radius 2 is 1.87 bits per heavy atom. The van der Waals surface area contributed by atoms with Gasteiger partial charge in [0.05, 0.1) is 18.3 Å². The van der Waals surface area contributed by atoms with Crippen molar-refractivity contribution in [1.29, 1.82) is 5.41 Å². The van der Waals surface area contributed by atoms with Crippen LogP contribution in [-0.4, -0.2) is 74.0 Å². The summed E-state index contributed by atoms with van der Waals surface area (Å²) in [4.78, 5) is 7.43. The van der Waals surface area contributed by atoms with Gasteiger partial charge in [-0.3, -0.25) is 9.98 Å². The number of aliphatic hydroxyl groups excluding tert-OH is 2. The summed E-state index contributed by atoms with van der Waals surface area (Å²) in [6.07, 6.45) is -4.92. The van der Waals surface area contributed by atoms with Crippen LogP contribution >= 0.6 is 0 Å². The Balaban J connectivity index is 1.65. The number of fused-ring (bicyclic) bond motifs is 1. The number of alkyl halides is 1. The van der Waals surface area contributed by atoms with Crippen molar-refractivity contribution < 1.29 is 37.7 Å². The normalized spacial score (nSPS) is 25.0. The highest BCUT2D eigenvalue weighted by Crippen LogP contribution is 2.36. The van der Waals surface area contributed by atoms with E-state index in [4.69, 9.17) is 14.9 Å². The maximum Gasteiger partial charge on any atom is 0.233 e. The fourth-order valence-corrected chi connectivity index (χ4v) is 4.67. The minimum absolute atomic E-state index is 0.000574. The van der Waals surface area contributed by atoms with Gasteiger partial charge in [-0.05, 0) is 24.3 Å². The van der Waals surface area contributed by atoms with Crippen LogP contribution in [0.1, 0.15) is 6.23 Å². The first kappa shape index (κ1) is 21.2. The highest BCUT2D eigenvalue weighted by Gasteiger charge is 2.52. The molecular formula is C17H18FN5O7S. The van der Waals surface area contributed by atoms with E-state index in [0.717, 1.165) is 29.4 Å². The maximum atomic E-state index is 15.1. The molecule has 14 heteroatoms. The lowest BCUT2D eigenvalue weighted by Crippen LogP contribution is -2.40. The number of aromatic nitrogens is 4. The number of ether oxygens (including phenoxy) is 2. The molecule has 1 aliphatic heterocycles. The molecule has 0 unspecified atom stereocenters. The molecule has 31 heavy (non-hydrogen) atoms. The largest absolute Gasteiger partial charge is 0.497 e. The maximum absolute atomic E-state index is 15.1. The van der Waals surface area contributed by atoms with Gasteiger partial charge in [-0.1, -0.05) is 0 Å². The molecule has 3 aromatic rings. The van der Waals surface area contributed by atoms with Gasteiger partial charge in [-0.15, -0.1) is 0 Å². The Labute approximate surface area is 174 Å². The van der Waals surface area contributed by atoms with E-state index >= 15 is 4.39 Å². The quantitative estimate of drug-likeness (QED) is 0.365. The van der Waals surface area contributed by atoms with E-state index in [1.165, 1.54) is 19.2 Å². The zero-order valence-electron chi connectivity index (χ0n) is 15.9. The van der Waals surface area contributed by atoms with Crippen molar-refractivity contribution in [2.24, 2.45) is 0 Å². The van der Waals surface area contributed by atoms with Gasteiger partial charge in [0.1, 0.15) is 30.4 Å². The van der Waals surface area contributed by atoms with Crippen LogP contribution in [0.5, 0.6) is 5.75 Å². The van der Waals surface area contributed by atoms with Crippen molar-refractivity contribution in [2.45, 2.75) is 34.9 Å². The molecule has 2 aromatic heterocycles. The third-order valence-electron chi connectivity index (χ3n) is 5.00. The molecule has 12 nitrogen and oxygen atoms in total. The first-order valence-electron chi connectivity index (χ1n) is 8.88. The molecule has 166 valence electrons. The number of aliphatic hydroxyl groups is 2. The number of imidazole rings is 1. The first-order valence-corrected chi connectivity index (χ1v) is 10.4. The van der Waals surface area contributed by atoms with E-state index in [1.807, 2.05) is 0 Å². The molecule has 3 heterocycles. The third kappa shape index (κ3) is 3.33. The Morgan fingerprint density at radius 3 is 2.52 bits per heavy atom. The average molecular weight is 455 g/mol. The number of methoxy groups -OCH3 is 1. The summed E-state index contributed by atoms with van der Waals surface area (Å²) in [6, 6.07) is 5.00. The predicted octanol–water partition coefficient (Wildman–Crippen LogP) is -0.653. The Bertz CT molecular complexity index is 1280. The van der Waals surface area contributed by atoms with Gasteiger partial charge in [0.25, 0.3) is 0 Å². The number of hydrogen-bond acceptors (Lipinski definition) is 10. The summed E-state index contributed by atoms with van der Waals surface area (Å²) in [5, 5.41) is 38.0. The van der Waals surface area contributed by atoms with E-state index in [2.05, 4.69) is 9.97 Å². The fraction of sp³-hybridized carbons (Fsp3) is 0.353. The first-order chi connectivity index (χ1) is 14.7. The molecule has 1 aliphatic rings. The minimum atomic E-state index is -4.58. The van der Waals surface area contributed by atoms with E-state index in [9.17, 15) is 23.8 Å². The van der Waals surface area contributed by atoms with Crippen molar-refractivity contribution in [3.05, 3.63) is 42.4 Å². The summed E-state index contributed by atoms with van der Waals surface area (Å²) in [5.41, 5.74) is -3.15. The topological polar surface area (TPSA) is 173 Å². The molecule has 4 N–H and O–H groups in total. The number of nitrogens with one attached hydrogen (secondary N) is 1. The second-order valence-corrected chi connectivity index (χ2v) is 8.82. The second-order valence-electron chi connectivity index (χ2n) is 6.81. The molecular weight excluding hydrogens is 437 g/mol. The Morgan fingerprint density at radius 1 is 1.19 bits per heavy atom. The number of rotatable bonds is 5. The number of hydrogen-bond donors (Lipinski definition) is 4. The zero-order valence-corrected chi connectivity index (χ0v) is 16.7. The van der Waals surface area contributed by atoms with Crippen molar-refractivity contribution in [2.75, 3.05) is 7.11 Å². The molecule has 1 fully saturated rings. The summed E-state index contributed by atoms with van der Waals surface area (Å²) in [6.45, 7) is 0. The monoisotopic (exact) mass is 455 g/mol. The van der Waals surface area contributed by atoms with Crippen LogP contribution in [-0.2, 0) is 14.6 Å². The molecule has 0 spiro atoms. The van der Waals surface area contributed by atoms with Crippen LogP contribution in [0.4, 0.5) is 4.39 Å². The zero-order chi connectivity index (χ0) is 22.5. The molecule has 0 aliphatic carbocycles. The lowest BCUT2D eigenvalue weighted by Gasteiger charge is -2.19. The van der Waals surface area contributed by atoms with Crippen LogP contribution in [0.3, 0.4) is 0 Å². The molecule has 5 atom stereocenters. The van der Waals surface area contributed by atoms with Crippen molar-refractivity contribution in [3.8, 4) is 5.75 Å². The highest BCUT2D eigenvalue weighted by molar-refractivity contribution is 7.92. The van der Waals surface area contributed by atoms with Gasteiger partial charge in [-0.2, -0.15) is 4.73 Å². The molecule has 4 rings (SSSR count). The lowest BCUT2D eigenvalue weighted by molar-refractivity contribution is -0.0474. The Kier molecular flexibility index (Phi) is 5.17. The van der Waals surface area contributed by atoms with E-state index in [0.29, 0.717) is 10.5 Å². The summed E-state index contributed by atoms with van der Waals surface area (Å²) < 4.78 is 52.4. The van der Waals surface area contributed by atoms with E-state index in [-0.39, 0.29) is 16.1 Å². The molecule has 0 amide bonds. The van der Waals surface area contributed by atoms with E-state index < -0.39 is 45.4 Å². The molecule has 0 bridgehead atoms. The predicted molar refractivity (Wildman–Crippen MR) is 99.6 cm³/mol. The van der Waals surface area contributed by atoms with E-state index in [1.54, 1.807) is 0 Å². The molecule has 0 saturated carbocycles. The van der Waals surface area contributed by atoms with Gasteiger partial charge >= 0.3 is 0 Å². The molecule has 0 radical (unpaired) electrons. The van der Waals surface area contributed by atoms with Gasteiger partial charge in [-0.25, -0.2) is 22.8 Å². The van der Waals surface area contributed by atoms with Crippen LogP contribution < -0.4 is 10.2 Å². The van der Waals surface area contributed by atoms with Crippen LogP contribution in [0.15, 0.2) is 41.8 Å². The lowest BCUT2D eigenvalue weighted by atomic mass is 10.1. The smallest absolute Gasteiger partial charge is 0.233 e. The average Bonchev–Trinajstić information content (AvgIpc) is 3.32. The summed E-state index contributed by atoms with van der Waals surface area (Å²) in [5.74, 6) is 0.374. The van der Waals surface area contributed by atoms with Gasteiger partial charge in [0, 0.05) is 0 Å². The third-order valence-corrected chi connectivity index (χ3v) is 6.79. The van der Waals surface area contributed by atoms with Gasteiger partial charge in [0.15, 0.2) is 22.9 Å². The second kappa shape index (κ2) is 7.56. The van der Waals surface area contributed by atoms with Crippen molar-refractivity contribution in [1.82, 2.24) is 19.3 Å². The minimum Gasteiger partial charge on any atom is -0.497 e. The summed E-state index contributed by atoms with van der Waals surface area (Å²) in [7, 11) is -3.18. The number of halogens is 1. The molecule has 1 aromatic carbocycles. The van der Waals surface area contributed by atoms with Crippen LogP contribution in [0, 0.1) is 5.41 Å². The number of sulfone groups is 1. The number of benzene rings is 1. The molecule has 1 saturated heterocycles. The van der Waals surface area contributed by atoms with Gasteiger partial charge < -0.3 is 24.9 Å². The van der Waals surface area contributed by atoms with Crippen LogP contribution in [0.25, 0.3) is 11.2 Å². The summed E-state index contributed by atoms with van der Waals surface area (Å²) >= 11 is 0. The Hall–Kier alpha value is -3.07.